The van der Waals surface area contributed by atoms with E-state index in [0.717, 1.165) is 6.54 Å². The molecule has 2 amide bonds. The Kier molecular flexibility index (Phi) is 5.56. The molecule has 0 radical (unpaired) electrons. The van der Waals surface area contributed by atoms with Crippen molar-refractivity contribution >= 4 is 11.8 Å². The van der Waals surface area contributed by atoms with Crippen molar-refractivity contribution in [2.24, 2.45) is 5.92 Å². The SMILES string of the molecule is COc1c(F)cccc1C(=O)NC1CC(=O)N(CC2CCCCC2)C1. The second-order valence-corrected chi connectivity index (χ2v) is 7.00. The van der Waals surface area contributed by atoms with Crippen LogP contribution in [0.2, 0.25) is 0 Å². The number of hydrogen-bond acceptors (Lipinski definition) is 3. The second-order valence-electron chi connectivity index (χ2n) is 7.00. The molecule has 25 heavy (non-hydrogen) atoms. The number of carbonyl (C=O) groups excluding carboxylic acids is 2. The lowest BCUT2D eigenvalue weighted by atomic mass is 9.89. The summed E-state index contributed by atoms with van der Waals surface area (Å²) in [6.07, 6.45) is 6.44. The highest BCUT2D eigenvalue weighted by molar-refractivity contribution is 5.97. The Morgan fingerprint density at radius 1 is 1.32 bits per heavy atom. The Bertz CT molecular complexity index is 644. The van der Waals surface area contributed by atoms with Gasteiger partial charge in [0.05, 0.1) is 18.7 Å². The number of ether oxygens (including phenoxy) is 1. The lowest BCUT2D eigenvalue weighted by Crippen LogP contribution is -2.38. The maximum atomic E-state index is 13.7. The summed E-state index contributed by atoms with van der Waals surface area (Å²) in [6, 6.07) is 4.01. The average Bonchev–Trinajstić information content (AvgIpc) is 2.94. The molecular weight excluding hydrogens is 323 g/mol. The van der Waals surface area contributed by atoms with Gasteiger partial charge in [0.15, 0.2) is 11.6 Å². The van der Waals surface area contributed by atoms with E-state index in [0.29, 0.717) is 18.9 Å². The van der Waals surface area contributed by atoms with Gasteiger partial charge in [-0.2, -0.15) is 0 Å². The molecule has 1 N–H and O–H groups in total. The van der Waals surface area contributed by atoms with E-state index < -0.39 is 11.7 Å². The summed E-state index contributed by atoms with van der Waals surface area (Å²) < 4.78 is 18.7. The van der Waals surface area contributed by atoms with Crippen molar-refractivity contribution in [1.29, 1.82) is 0 Å². The van der Waals surface area contributed by atoms with Crippen LogP contribution in [0.1, 0.15) is 48.9 Å². The Labute approximate surface area is 147 Å². The molecule has 5 nitrogen and oxygen atoms in total. The predicted octanol–water partition coefficient (Wildman–Crippen LogP) is 2.75. The van der Waals surface area contributed by atoms with Crippen LogP contribution in [0.4, 0.5) is 4.39 Å². The van der Waals surface area contributed by atoms with Crippen molar-refractivity contribution in [3.63, 3.8) is 0 Å². The van der Waals surface area contributed by atoms with Crippen LogP contribution in [0.25, 0.3) is 0 Å². The van der Waals surface area contributed by atoms with Gasteiger partial charge in [-0.3, -0.25) is 9.59 Å². The molecule has 1 aliphatic heterocycles. The molecule has 0 aromatic heterocycles. The molecule has 1 saturated carbocycles. The van der Waals surface area contributed by atoms with Crippen molar-refractivity contribution in [2.45, 2.75) is 44.6 Å². The maximum Gasteiger partial charge on any atom is 0.255 e. The Morgan fingerprint density at radius 2 is 2.08 bits per heavy atom. The van der Waals surface area contributed by atoms with Crippen LogP contribution >= 0.6 is 0 Å². The lowest BCUT2D eigenvalue weighted by molar-refractivity contribution is -0.128. The first-order valence-corrected chi connectivity index (χ1v) is 8.99. The van der Waals surface area contributed by atoms with Gasteiger partial charge in [-0.05, 0) is 30.9 Å². The Balaban J connectivity index is 1.59. The highest BCUT2D eigenvalue weighted by atomic mass is 19.1. The minimum atomic E-state index is -0.573. The van der Waals surface area contributed by atoms with E-state index in [1.54, 1.807) is 0 Å². The minimum absolute atomic E-state index is 0.0663. The third kappa shape index (κ3) is 4.11. The third-order valence-corrected chi connectivity index (χ3v) is 5.17. The number of para-hydroxylation sites is 1. The summed E-state index contributed by atoms with van der Waals surface area (Å²) in [4.78, 5) is 26.6. The number of halogens is 1. The Morgan fingerprint density at radius 3 is 2.80 bits per heavy atom. The molecule has 2 fully saturated rings. The predicted molar refractivity (Wildman–Crippen MR) is 92.0 cm³/mol. The fourth-order valence-electron chi connectivity index (χ4n) is 3.88. The monoisotopic (exact) mass is 348 g/mol. The largest absolute Gasteiger partial charge is 0.493 e. The van der Waals surface area contributed by atoms with Crippen molar-refractivity contribution in [3.05, 3.63) is 29.6 Å². The van der Waals surface area contributed by atoms with Crippen LogP contribution < -0.4 is 10.1 Å². The van der Waals surface area contributed by atoms with Gasteiger partial charge < -0.3 is 15.0 Å². The second kappa shape index (κ2) is 7.85. The number of benzene rings is 1. The molecule has 6 heteroatoms. The minimum Gasteiger partial charge on any atom is -0.493 e. The van der Waals surface area contributed by atoms with Gasteiger partial charge in [-0.25, -0.2) is 4.39 Å². The maximum absolute atomic E-state index is 13.7. The van der Waals surface area contributed by atoms with E-state index >= 15 is 0 Å². The normalized spacial score (nSPS) is 21.4. The van der Waals surface area contributed by atoms with Crippen molar-refractivity contribution in [3.8, 4) is 5.75 Å². The fourth-order valence-corrected chi connectivity index (χ4v) is 3.88. The van der Waals surface area contributed by atoms with E-state index in [9.17, 15) is 14.0 Å². The highest BCUT2D eigenvalue weighted by Crippen LogP contribution is 2.26. The number of nitrogens with one attached hydrogen (secondary N) is 1. The molecule has 0 spiro atoms. The first-order valence-electron chi connectivity index (χ1n) is 8.99. The van der Waals surface area contributed by atoms with E-state index in [-0.39, 0.29) is 23.3 Å². The number of amides is 2. The third-order valence-electron chi connectivity index (χ3n) is 5.17. The molecule has 3 rings (SSSR count). The molecule has 1 atom stereocenters. The molecule has 1 saturated heterocycles. The highest BCUT2D eigenvalue weighted by Gasteiger charge is 2.33. The van der Waals surface area contributed by atoms with Gasteiger partial charge in [0, 0.05) is 19.5 Å². The van der Waals surface area contributed by atoms with Crippen LogP contribution in [0.5, 0.6) is 5.75 Å². The quantitative estimate of drug-likeness (QED) is 0.890. The summed E-state index contributed by atoms with van der Waals surface area (Å²) >= 11 is 0. The summed E-state index contributed by atoms with van der Waals surface area (Å²) in [6.45, 7) is 1.31. The zero-order valence-electron chi connectivity index (χ0n) is 14.6. The molecule has 136 valence electrons. The summed E-state index contributed by atoms with van der Waals surface area (Å²) in [5.41, 5.74) is 0.153. The molecule has 1 aromatic rings. The summed E-state index contributed by atoms with van der Waals surface area (Å²) in [7, 11) is 1.33. The molecule has 1 aromatic carbocycles. The zero-order chi connectivity index (χ0) is 17.8. The smallest absolute Gasteiger partial charge is 0.255 e. The van der Waals surface area contributed by atoms with Gasteiger partial charge in [0.2, 0.25) is 5.91 Å². The number of carbonyl (C=O) groups is 2. The molecule has 0 bridgehead atoms. The zero-order valence-corrected chi connectivity index (χ0v) is 14.6. The number of methoxy groups -OCH3 is 1. The molecule has 1 unspecified atom stereocenters. The van der Waals surface area contributed by atoms with Crippen LogP contribution in [0.15, 0.2) is 18.2 Å². The van der Waals surface area contributed by atoms with Crippen LogP contribution in [0, 0.1) is 11.7 Å². The number of likely N-dealkylation sites (tertiary alicyclic amines) is 1. The standard InChI is InChI=1S/C19H25FN2O3/c1-25-18-15(8-5-9-16(18)20)19(24)21-14-10-17(23)22(12-14)11-13-6-3-2-4-7-13/h5,8-9,13-14H,2-4,6-7,10-12H2,1H3,(H,21,24). The summed E-state index contributed by atoms with van der Waals surface area (Å²) in [5, 5.41) is 2.85. The summed E-state index contributed by atoms with van der Waals surface area (Å²) in [5.74, 6) is -0.383. The van der Waals surface area contributed by atoms with Gasteiger partial charge in [-0.1, -0.05) is 25.3 Å². The topological polar surface area (TPSA) is 58.6 Å². The van der Waals surface area contributed by atoms with E-state index in [4.69, 9.17) is 4.74 Å². The lowest BCUT2D eigenvalue weighted by Gasteiger charge is -2.27. The number of hydrogen-bond donors (Lipinski definition) is 1. The van der Waals surface area contributed by atoms with Crippen LogP contribution in [-0.2, 0) is 4.79 Å². The Hall–Kier alpha value is -2.11. The number of nitrogens with zero attached hydrogens (tertiary/aromatic N) is 1. The first-order chi connectivity index (χ1) is 12.1. The molecule has 1 heterocycles. The molecule has 1 aliphatic carbocycles. The van der Waals surface area contributed by atoms with Crippen molar-refractivity contribution < 1.29 is 18.7 Å². The van der Waals surface area contributed by atoms with Gasteiger partial charge in [0.25, 0.3) is 5.91 Å². The van der Waals surface area contributed by atoms with Crippen molar-refractivity contribution in [2.75, 3.05) is 20.2 Å². The van der Waals surface area contributed by atoms with E-state index in [2.05, 4.69) is 5.32 Å². The van der Waals surface area contributed by atoms with E-state index in [1.807, 2.05) is 4.90 Å². The molecular formula is C19H25FN2O3. The van der Waals surface area contributed by atoms with Gasteiger partial charge in [0.1, 0.15) is 0 Å². The average molecular weight is 348 g/mol. The molecule has 2 aliphatic rings. The van der Waals surface area contributed by atoms with E-state index in [1.165, 1.54) is 57.4 Å². The number of rotatable bonds is 5. The van der Waals surface area contributed by atoms with Crippen molar-refractivity contribution in [1.82, 2.24) is 10.2 Å². The fraction of sp³-hybridized carbons (Fsp3) is 0.579. The van der Waals surface area contributed by atoms with Crippen LogP contribution in [0.3, 0.4) is 0 Å². The first kappa shape index (κ1) is 17.7. The van der Waals surface area contributed by atoms with Crippen LogP contribution in [-0.4, -0.2) is 43.0 Å². The van der Waals surface area contributed by atoms with Gasteiger partial charge in [-0.15, -0.1) is 0 Å². The van der Waals surface area contributed by atoms with Gasteiger partial charge >= 0.3 is 0 Å².